The fraction of sp³-hybridized carbons (Fsp3) is 0.529. The molecule has 1 aliphatic heterocycles. The number of morpholine rings is 1. The molecule has 1 atom stereocenters. The van der Waals surface area contributed by atoms with Crippen molar-refractivity contribution in [2.75, 3.05) is 25.1 Å². The number of urea groups is 1. The van der Waals surface area contributed by atoms with E-state index in [4.69, 9.17) is 4.74 Å². The van der Waals surface area contributed by atoms with Gasteiger partial charge in [0, 0.05) is 12.1 Å². The second-order valence-corrected chi connectivity index (χ2v) is 6.06. The fourth-order valence-corrected chi connectivity index (χ4v) is 3.18. The molecule has 1 heterocycles. The Morgan fingerprint density at radius 2 is 2.05 bits per heavy atom. The number of Topliss-reactive ketones (excluding diaryl/α,β-unsaturated/α-hetero) is 1. The van der Waals surface area contributed by atoms with E-state index in [0.29, 0.717) is 36.9 Å². The van der Waals surface area contributed by atoms with Crippen molar-refractivity contribution in [1.82, 2.24) is 4.90 Å². The molecule has 1 aromatic rings. The van der Waals surface area contributed by atoms with E-state index in [2.05, 4.69) is 5.32 Å². The zero-order valence-electron chi connectivity index (χ0n) is 12.9. The molecule has 2 amide bonds. The summed E-state index contributed by atoms with van der Waals surface area (Å²) >= 11 is 0. The van der Waals surface area contributed by atoms with E-state index in [1.807, 2.05) is 11.0 Å². The maximum absolute atomic E-state index is 12.6. The minimum atomic E-state index is -0.131. The molecule has 22 heavy (non-hydrogen) atoms. The van der Waals surface area contributed by atoms with Gasteiger partial charge in [-0.05, 0) is 37.8 Å². The largest absolute Gasteiger partial charge is 0.377 e. The second kappa shape index (κ2) is 6.48. The van der Waals surface area contributed by atoms with Crippen LogP contribution in [-0.4, -0.2) is 42.5 Å². The van der Waals surface area contributed by atoms with Gasteiger partial charge >= 0.3 is 6.03 Å². The first-order valence-corrected chi connectivity index (χ1v) is 7.92. The molecule has 0 spiro atoms. The van der Waals surface area contributed by atoms with Crippen molar-refractivity contribution in [3.63, 3.8) is 0 Å². The standard InChI is InChI=1S/C17H22N2O3/c1-12(20)14-7-2-3-8-15(14)18-17(21)19-9-10-22-11-16(19)13-5-4-6-13/h2-3,7-8,13,16H,4-6,9-11H2,1H3,(H,18,21). The first-order valence-electron chi connectivity index (χ1n) is 7.92. The number of amides is 2. The summed E-state index contributed by atoms with van der Waals surface area (Å²) in [7, 11) is 0. The number of anilines is 1. The number of ether oxygens (including phenoxy) is 1. The quantitative estimate of drug-likeness (QED) is 0.873. The summed E-state index contributed by atoms with van der Waals surface area (Å²) in [6, 6.07) is 7.16. The third-order valence-electron chi connectivity index (χ3n) is 4.67. The monoisotopic (exact) mass is 302 g/mol. The molecule has 0 aromatic heterocycles. The number of carbonyl (C=O) groups is 2. The minimum Gasteiger partial charge on any atom is -0.377 e. The lowest BCUT2D eigenvalue weighted by atomic mass is 9.79. The van der Waals surface area contributed by atoms with Gasteiger partial charge in [-0.25, -0.2) is 4.79 Å². The summed E-state index contributed by atoms with van der Waals surface area (Å²) in [5.74, 6) is 0.502. The Labute approximate surface area is 130 Å². The Morgan fingerprint density at radius 1 is 1.27 bits per heavy atom. The zero-order valence-corrected chi connectivity index (χ0v) is 12.9. The maximum atomic E-state index is 12.6. The number of nitrogens with one attached hydrogen (secondary N) is 1. The molecule has 2 fully saturated rings. The van der Waals surface area contributed by atoms with Gasteiger partial charge in [0.05, 0.1) is 24.9 Å². The first-order chi connectivity index (χ1) is 10.7. The third-order valence-corrected chi connectivity index (χ3v) is 4.67. The van der Waals surface area contributed by atoms with Crippen LogP contribution in [0, 0.1) is 5.92 Å². The van der Waals surface area contributed by atoms with Crippen LogP contribution in [0.15, 0.2) is 24.3 Å². The average molecular weight is 302 g/mol. The fourth-order valence-electron chi connectivity index (χ4n) is 3.18. The van der Waals surface area contributed by atoms with Gasteiger partial charge in [0.25, 0.3) is 0 Å². The number of benzene rings is 1. The summed E-state index contributed by atoms with van der Waals surface area (Å²) < 4.78 is 5.56. The average Bonchev–Trinajstić information content (AvgIpc) is 2.46. The lowest BCUT2D eigenvalue weighted by Gasteiger charge is -2.43. The summed E-state index contributed by atoms with van der Waals surface area (Å²) in [4.78, 5) is 26.2. The summed E-state index contributed by atoms with van der Waals surface area (Å²) in [5, 5.41) is 2.91. The van der Waals surface area contributed by atoms with E-state index in [9.17, 15) is 9.59 Å². The molecule has 118 valence electrons. The van der Waals surface area contributed by atoms with Crippen molar-refractivity contribution < 1.29 is 14.3 Å². The van der Waals surface area contributed by atoms with Crippen LogP contribution in [0.3, 0.4) is 0 Å². The normalized spacial score (nSPS) is 22.0. The Bertz CT molecular complexity index is 569. The predicted octanol–water partition coefficient (Wildman–Crippen LogP) is 2.92. The van der Waals surface area contributed by atoms with Gasteiger partial charge in [-0.2, -0.15) is 0 Å². The highest BCUT2D eigenvalue weighted by Crippen LogP contribution is 2.33. The number of nitrogens with zero attached hydrogens (tertiary/aromatic N) is 1. The Balaban J connectivity index is 1.74. The van der Waals surface area contributed by atoms with Crippen molar-refractivity contribution in [2.45, 2.75) is 32.2 Å². The van der Waals surface area contributed by atoms with Crippen LogP contribution in [0.2, 0.25) is 0 Å². The number of hydrogen-bond acceptors (Lipinski definition) is 3. The molecule has 1 N–H and O–H groups in total. The van der Waals surface area contributed by atoms with Crippen LogP contribution < -0.4 is 5.32 Å². The Hall–Kier alpha value is -1.88. The minimum absolute atomic E-state index is 0.0478. The van der Waals surface area contributed by atoms with Gasteiger partial charge < -0.3 is 15.0 Å². The molecule has 1 aromatic carbocycles. The highest BCUT2D eigenvalue weighted by molar-refractivity contribution is 6.03. The first kappa shape index (κ1) is 15.0. The summed E-state index contributed by atoms with van der Waals surface area (Å²) in [6.45, 7) is 3.31. The van der Waals surface area contributed by atoms with E-state index in [0.717, 1.165) is 0 Å². The highest BCUT2D eigenvalue weighted by Gasteiger charge is 2.36. The van der Waals surface area contributed by atoms with Gasteiger partial charge in [-0.3, -0.25) is 4.79 Å². The topological polar surface area (TPSA) is 58.6 Å². The van der Waals surface area contributed by atoms with Crippen LogP contribution in [0.5, 0.6) is 0 Å². The molecular weight excluding hydrogens is 280 g/mol. The van der Waals surface area contributed by atoms with Crippen molar-refractivity contribution in [3.8, 4) is 0 Å². The Morgan fingerprint density at radius 3 is 2.73 bits per heavy atom. The molecule has 1 aliphatic carbocycles. The predicted molar refractivity (Wildman–Crippen MR) is 84.1 cm³/mol. The smallest absolute Gasteiger partial charge is 0.322 e. The Kier molecular flexibility index (Phi) is 4.43. The number of ketones is 1. The van der Waals surface area contributed by atoms with Crippen LogP contribution in [0.25, 0.3) is 0 Å². The van der Waals surface area contributed by atoms with Gasteiger partial charge in [-0.15, -0.1) is 0 Å². The third kappa shape index (κ3) is 2.99. The van der Waals surface area contributed by atoms with E-state index in [1.165, 1.54) is 26.2 Å². The molecule has 0 bridgehead atoms. The number of hydrogen-bond donors (Lipinski definition) is 1. The van der Waals surface area contributed by atoms with Gasteiger partial charge in [0.1, 0.15) is 0 Å². The van der Waals surface area contributed by atoms with Crippen molar-refractivity contribution >= 4 is 17.5 Å². The summed E-state index contributed by atoms with van der Waals surface area (Å²) in [6.07, 6.45) is 3.58. The second-order valence-electron chi connectivity index (χ2n) is 6.06. The molecule has 5 nitrogen and oxygen atoms in total. The van der Waals surface area contributed by atoms with Gasteiger partial charge in [0.2, 0.25) is 0 Å². The molecular formula is C17H22N2O3. The SMILES string of the molecule is CC(=O)c1ccccc1NC(=O)N1CCOCC1C1CCC1. The number of para-hydroxylation sites is 1. The number of rotatable bonds is 3. The molecule has 5 heteroatoms. The van der Waals surface area contributed by atoms with Crippen LogP contribution >= 0.6 is 0 Å². The maximum Gasteiger partial charge on any atom is 0.322 e. The van der Waals surface area contributed by atoms with E-state index in [-0.39, 0.29) is 17.9 Å². The van der Waals surface area contributed by atoms with Crippen LogP contribution in [0.1, 0.15) is 36.5 Å². The van der Waals surface area contributed by atoms with E-state index in [1.54, 1.807) is 18.2 Å². The highest BCUT2D eigenvalue weighted by atomic mass is 16.5. The number of carbonyl (C=O) groups excluding carboxylic acids is 2. The van der Waals surface area contributed by atoms with Crippen LogP contribution in [-0.2, 0) is 4.74 Å². The van der Waals surface area contributed by atoms with Crippen LogP contribution in [0.4, 0.5) is 10.5 Å². The molecule has 0 radical (unpaired) electrons. The van der Waals surface area contributed by atoms with Crippen molar-refractivity contribution in [1.29, 1.82) is 0 Å². The molecule has 3 rings (SSSR count). The molecule has 2 aliphatic rings. The van der Waals surface area contributed by atoms with Crippen molar-refractivity contribution in [2.24, 2.45) is 5.92 Å². The zero-order chi connectivity index (χ0) is 15.5. The van der Waals surface area contributed by atoms with E-state index >= 15 is 0 Å². The lowest BCUT2D eigenvalue weighted by molar-refractivity contribution is -0.0216. The van der Waals surface area contributed by atoms with Gasteiger partial charge in [-0.1, -0.05) is 18.6 Å². The molecule has 1 saturated carbocycles. The molecule has 1 unspecified atom stereocenters. The molecule has 1 saturated heterocycles. The summed E-state index contributed by atoms with van der Waals surface area (Å²) in [5.41, 5.74) is 1.13. The van der Waals surface area contributed by atoms with E-state index < -0.39 is 0 Å². The lowest BCUT2D eigenvalue weighted by Crippen LogP contribution is -2.54. The van der Waals surface area contributed by atoms with Crippen molar-refractivity contribution in [3.05, 3.63) is 29.8 Å². The van der Waals surface area contributed by atoms with Gasteiger partial charge in [0.15, 0.2) is 5.78 Å².